The number of rotatable bonds is 7. The van der Waals surface area contributed by atoms with Crippen LogP contribution in [0.15, 0.2) is 17.6 Å². The highest BCUT2D eigenvalue weighted by molar-refractivity contribution is 7.89. The van der Waals surface area contributed by atoms with Crippen molar-refractivity contribution in [2.75, 3.05) is 13.6 Å². The average molecular weight is 272 g/mol. The Morgan fingerprint density at radius 3 is 2.78 bits per heavy atom. The van der Waals surface area contributed by atoms with E-state index in [1.54, 1.807) is 20.0 Å². The van der Waals surface area contributed by atoms with Crippen LogP contribution >= 0.6 is 0 Å². The molecule has 18 heavy (non-hydrogen) atoms. The third-order valence-electron chi connectivity index (χ3n) is 2.70. The van der Waals surface area contributed by atoms with Gasteiger partial charge in [-0.2, -0.15) is 5.10 Å². The Kier molecular flexibility index (Phi) is 5.06. The molecule has 1 rings (SSSR count). The fraction of sp³-hybridized carbons (Fsp3) is 0.545. The number of hydrogen-bond acceptors (Lipinski definition) is 4. The smallest absolute Gasteiger partial charge is 0.246 e. The number of nitrogens with two attached hydrogens (primary N) is 1. The van der Waals surface area contributed by atoms with Crippen LogP contribution in [0.1, 0.15) is 24.2 Å². The average Bonchev–Trinajstić information content (AvgIpc) is 2.71. The summed E-state index contributed by atoms with van der Waals surface area (Å²) in [4.78, 5) is 0.200. The molecule has 0 radical (unpaired) electrons. The second kappa shape index (κ2) is 6.12. The molecule has 0 spiro atoms. The number of nitrogens with zero attached hydrogens (tertiary/aromatic N) is 2. The Balaban J connectivity index is 2.98. The van der Waals surface area contributed by atoms with E-state index in [0.29, 0.717) is 17.9 Å². The fourth-order valence-electron chi connectivity index (χ4n) is 1.68. The van der Waals surface area contributed by atoms with E-state index in [2.05, 4.69) is 16.8 Å². The first kappa shape index (κ1) is 14.9. The molecule has 0 fully saturated rings. The number of aryl methyl sites for hydroxylation is 1. The van der Waals surface area contributed by atoms with Crippen molar-refractivity contribution in [1.29, 1.82) is 0 Å². The lowest BCUT2D eigenvalue weighted by Crippen LogP contribution is -2.29. The highest BCUT2D eigenvalue weighted by Crippen LogP contribution is 2.21. The molecule has 0 saturated heterocycles. The molecular weight excluding hydrogens is 252 g/mol. The molecule has 1 heterocycles. The van der Waals surface area contributed by atoms with E-state index in [0.717, 1.165) is 12.8 Å². The lowest BCUT2D eigenvalue weighted by Gasteiger charge is -2.17. The lowest BCUT2D eigenvalue weighted by molar-refractivity contribution is 0.461. The quantitative estimate of drug-likeness (QED) is 0.566. The van der Waals surface area contributed by atoms with Gasteiger partial charge in [0.05, 0.1) is 11.4 Å². The highest BCUT2D eigenvalue weighted by atomic mass is 32.2. The highest BCUT2D eigenvalue weighted by Gasteiger charge is 2.27. The predicted octanol–water partition coefficient (Wildman–Crippen LogP) is 0.764. The van der Waals surface area contributed by atoms with Crippen molar-refractivity contribution in [2.45, 2.75) is 31.2 Å². The molecule has 1 aromatic rings. The van der Waals surface area contributed by atoms with E-state index in [1.807, 2.05) is 0 Å². The predicted molar refractivity (Wildman–Crippen MR) is 70.5 cm³/mol. The molecule has 0 aliphatic carbocycles. The first-order chi connectivity index (χ1) is 8.45. The molecule has 6 nitrogen and oxygen atoms in total. The van der Waals surface area contributed by atoms with Gasteiger partial charge in [-0.15, -0.1) is 6.58 Å². The van der Waals surface area contributed by atoms with E-state index in [1.165, 1.54) is 4.31 Å². The molecule has 0 unspecified atom stereocenters. The van der Waals surface area contributed by atoms with Gasteiger partial charge in [0.15, 0.2) is 0 Å². The summed E-state index contributed by atoms with van der Waals surface area (Å²) in [6, 6.07) is 0. The van der Waals surface area contributed by atoms with Gasteiger partial charge in [-0.25, -0.2) is 12.7 Å². The number of H-pyrrole nitrogens is 1. The van der Waals surface area contributed by atoms with Gasteiger partial charge in [0.1, 0.15) is 4.90 Å². The first-order valence-corrected chi connectivity index (χ1v) is 7.20. The lowest BCUT2D eigenvalue weighted by atomic mass is 10.3. The van der Waals surface area contributed by atoms with Crippen molar-refractivity contribution in [2.24, 2.45) is 5.73 Å². The molecule has 102 valence electrons. The number of aromatic nitrogens is 2. The molecule has 0 aliphatic heterocycles. The number of sulfonamides is 1. The third kappa shape index (κ3) is 2.98. The van der Waals surface area contributed by atoms with Crippen molar-refractivity contribution >= 4 is 10.0 Å². The molecule has 0 aromatic carbocycles. The van der Waals surface area contributed by atoms with Gasteiger partial charge < -0.3 is 5.73 Å². The van der Waals surface area contributed by atoms with Crippen LogP contribution in [0.3, 0.4) is 0 Å². The van der Waals surface area contributed by atoms with Crippen LogP contribution in [0.5, 0.6) is 0 Å². The second-order valence-electron chi connectivity index (χ2n) is 4.09. The topological polar surface area (TPSA) is 92.1 Å². The third-order valence-corrected chi connectivity index (χ3v) is 4.77. The zero-order valence-electron chi connectivity index (χ0n) is 10.8. The van der Waals surface area contributed by atoms with Crippen LogP contribution in [0, 0.1) is 6.92 Å². The normalized spacial score (nSPS) is 12.0. The van der Waals surface area contributed by atoms with Gasteiger partial charge in [0.2, 0.25) is 10.0 Å². The summed E-state index contributed by atoms with van der Waals surface area (Å²) < 4.78 is 26.1. The van der Waals surface area contributed by atoms with Crippen molar-refractivity contribution in [3.8, 4) is 0 Å². The minimum atomic E-state index is -3.52. The first-order valence-electron chi connectivity index (χ1n) is 5.76. The summed E-state index contributed by atoms with van der Waals surface area (Å²) in [5.41, 5.74) is 6.40. The largest absolute Gasteiger partial charge is 0.325 e. The van der Waals surface area contributed by atoms with E-state index >= 15 is 0 Å². The monoisotopic (exact) mass is 272 g/mol. The summed E-state index contributed by atoms with van der Waals surface area (Å²) in [5, 5.41) is 6.57. The summed E-state index contributed by atoms with van der Waals surface area (Å²) in [6.45, 7) is 5.83. The zero-order chi connectivity index (χ0) is 13.8. The van der Waals surface area contributed by atoms with Crippen molar-refractivity contribution in [3.05, 3.63) is 24.0 Å². The van der Waals surface area contributed by atoms with E-state index in [4.69, 9.17) is 5.73 Å². The molecule has 0 aliphatic rings. The molecule has 7 heteroatoms. The van der Waals surface area contributed by atoms with Crippen LogP contribution in [0.4, 0.5) is 0 Å². The van der Waals surface area contributed by atoms with Gasteiger partial charge in [0.25, 0.3) is 0 Å². The Bertz CT molecular complexity index is 507. The van der Waals surface area contributed by atoms with E-state index in [9.17, 15) is 8.42 Å². The minimum absolute atomic E-state index is 0.0966. The van der Waals surface area contributed by atoms with Gasteiger partial charge >= 0.3 is 0 Å². The summed E-state index contributed by atoms with van der Waals surface area (Å²) in [5.74, 6) is 0. The summed E-state index contributed by atoms with van der Waals surface area (Å²) in [6.07, 6.45) is 3.30. The number of hydrogen-bond donors (Lipinski definition) is 2. The van der Waals surface area contributed by atoms with Crippen LogP contribution < -0.4 is 5.73 Å². The molecule has 0 amide bonds. The van der Waals surface area contributed by atoms with Crippen LogP contribution in [-0.2, 0) is 16.6 Å². The van der Waals surface area contributed by atoms with Crippen molar-refractivity contribution < 1.29 is 8.42 Å². The number of allylic oxidation sites excluding steroid dienone is 1. The Labute approximate surface area is 108 Å². The second-order valence-corrected chi connectivity index (χ2v) is 6.07. The SMILES string of the molecule is C=CCCCN(C)S(=O)(=O)c1c(CN)n[nH]c1C. The van der Waals surface area contributed by atoms with Crippen LogP contribution in [0.2, 0.25) is 0 Å². The standard InChI is InChI=1S/C11H20N4O2S/c1-4-5-6-7-15(3)18(16,17)11-9(2)13-14-10(11)8-12/h4H,1,5-8,12H2,2-3H3,(H,13,14). The Morgan fingerprint density at radius 2 is 2.22 bits per heavy atom. The molecule has 0 atom stereocenters. The van der Waals surface area contributed by atoms with E-state index in [-0.39, 0.29) is 11.4 Å². The zero-order valence-corrected chi connectivity index (χ0v) is 11.6. The van der Waals surface area contributed by atoms with Gasteiger partial charge in [0, 0.05) is 20.1 Å². The fourth-order valence-corrected chi connectivity index (χ4v) is 3.22. The summed E-state index contributed by atoms with van der Waals surface area (Å²) >= 11 is 0. The molecular formula is C11H20N4O2S. The molecule has 3 N–H and O–H groups in total. The van der Waals surface area contributed by atoms with Crippen LogP contribution in [-0.4, -0.2) is 36.5 Å². The maximum absolute atomic E-state index is 12.4. The van der Waals surface area contributed by atoms with E-state index < -0.39 is 10.0 Å². The molecule has 0 bridgehead atoms. The van der Waals surface area contributed by atoms with Gasteiger partial charge in [-0.1, -0.05) is 6.08 Å². The number of unbranched alkanes of at least 4 members (excludes halogenated alkanes) is 1. The Morgan fingerprint density at radius 1 is 1.56 bits per heavy atom. The molecule has 1 aromatic heterocycles. The van der Waals surface area contributed by atoms with Crippen molar-refractivity contribution in [3.63, 3.8) is 0 Å². The maximum atomic E-state index is 12.4. The van der Waals surface area contributed by atoms with Gasteiger partial charge in [-0.3, -0.25) is 5.10 Å². The summed E-state index contributed by atoms with van der Waals surface area (Å²) in [7, 11) is -1.96. The van der Waals surface area contributed by atoms with Crippen LogP contribution in [0.25, 0.3) is 0 Å². The maximum Gasteiger partial charge on any atom is 0.246 e. The molecule has 0 saturated carbocycles. The minimum Gasteiger partial charge on any atom is -0.325 e. The number of aromatic amines is 1. The van der Waals surface area contributed by atoms with Crippen molar-refractivity contribution in [1.82, 2.24) is 14.5 Å². The Hall–Kier alpha value is -1.18. The number of nitrogens with one attached hydrogen (secondary N) is 1. The van der Waals surface area contributed by atoms with Gasteiger partial charge in [-0.05, 0) is 19.8 Å².